The number of hydrogen-bond donors (Lipinski definition) is 1. The van der Waals surface area contributed by atoms with E-state index in [0.29, 0.717) is 0 Å². The van der Waals surface area contributed by atoms with Crippen molar-refractivity contribution < 1.29 is 9.84 Å². The monoisotopic (exact) mass is 86.0 g/mol. The average molecular weight is 86.1 g/mol. The van der Waals surface area contributed by atoms with Gasteiger partial charge in [-0.3, -0.25) is 0 Å². The van der Waals surface area contributed by atoms with E-state index in [4.69, 9.17) is 5.11 Å². The van der Waals surface area contributed by atoms with E-state index in [1.165, 1.54) is 0 Å². The largest absolute Gasteiger partial charge is 0.478 e. The summed E-state index contributed by atoms with van der Waals surface area (Å²) in [6.45, 7) is 1.93. The summed E-state index contributed by atoms with van der Waals surface area (Å²) in [6, 6.07) is 0. The molecule has 0 aromatic carbocycles. The van der Waals surface area contributed by atoms with E-state index in [1.807, 2.05) is 6.92 Å². The minimum atomic E-state index is 0.123. The van der Waals surface area contributed by atoms with Gasteiger partial charge < -0.3 is 9.84 Å². The predicted octanol–water partition coefficient (Wildman–Crippen LogP) is 1.15. The first-order chi connectivity index (χ1) is 2.84. The Labute approximate surface area is 36.0 Å². The molecule has 2 heteroatoms. The molecule has 0 aromatic rings. The molecule has 1 rings (SSSR count). The lowest BCUT2D eigenvalue weighted by Gasteiger charge is -1.64. The second-order valence-electron chi connectivity index (χ2n) is 1.18. The van der Waals surface area contributed by atoms with Gasteiger partial charge in [-0.05, 0) is 0 Å². The van der Waals surface area contributed by atoms with Crippen LogP contribution in [-0.2, 0) is 4.74 Å². The lowest BCUT2D eigenvalue weighted by Crippen LogP contribution is -1.50. The molecule has 0 spiro atoms. The summed E-state index contributed by atoms with van der Waals surface area (Å²) >= 11 is 0. The molecule has 0 unspecified atom stereocenters. The number of ether oxygens (including phenoxy) is 1. The van der Waals surface area contributed by atoms with E-state index in [1.54, 1.807) is 0 Å². The van der Waals surface area contributed by atoms with Crippen LogP contribution < -0.4 is 0 Å². The molecule has 1 heterocycles. The first kappa shape index (κ1) is 3.53. The van der Waals surface area contributed by atoms with E-state index in [9.17, 15) is 0 Å². The molecule has 0 atom stereocenters. The van der Waals surface area contributed by atoms with E-state index < -0.39 is 0 Å². The Morgan fingerprint density at radius 2 is 2.33 bits per heavy atom. The molecule has 1 aliphatic heterocycles. The second kappa shape index (κ2) is 0.899. The van der Waals surface area contributed by atoms with Crippen LogP contribution in [0.25, 0.3) is 0 Å². The van der Waals surface area contributed by atoms with Crippen molar-refractivity contribution in [2.45, 2.75) is 13.3 Å². The fraction of sp³-hybridized carbons (Fsp3) is 0.500. The van der Waals surface area contributed by atoms with Crippen LogP contribution in [0, 0.1) is 0 Å². The van der Waals surface area contributed by atoms with Gasteiger partial charge in [0.15, 0.2) is 5.76 Å². The summed E-state index contributed by atoms with van der Waals surface area (Å²) in [5.74, 6) is 0.854. The predicted molar refractivity (Wildman–Crippen MR) is 21.0 cm³/mol. The highest BCUT2D eigenvalue weighted by molar-refractivity contribution is 5.08. The van der Waals surface area contributed by atoms with Gasteiger partial charge in [0.25, 0.3) is 0 Å². The zero-order valence-corrected chi connectivity index (χ0v) is 3.56. The molecule has 0 fully saturated rings. The van der Waals surface area contributed by atoms with Gasteiger partial charge in [-0.25, -0.2) is 0 Å². The maximum absolute atomic E-state index is 8.28. The highest BCUT2D eigenvalue weighted by Crippen LogP contribution is 2.24. The minimum Gasteiger partial charge on any atom is -0.478 e. The van der Waals surface area contributed by atoms with Crippen molar-refractivity contribution in [3.05, 3.63) is 11.7 Å². The summed E-state index contributed by atoms with van der Waals surface area (Å²) in [5.41, 5.74) is 0. The molecule has 0 radical (unpaired) electrons. The fourth-order valence-corrected chi connectivity index (χ4v) is 0.315. The third-order valence-electron chi connectivity index (χ3n) is 0.738. The zero-order chi connectivity index (χ0) is 4.57. The van der Waals surface area contributed by atoms with Gasteiger partial charge >= 0.3 is 5.95 Å². The standard InChI is InChI=1S/C4H6O2/c1-2-3-4(5)6-3/h5H,2H2,1H3. The lowest BCUT2D eigenvalue weighted by molar-refractivity contribution is 0.274. The van der Waals surface area contributed by atoms with Gasteiger partial charge in [0.1, 0.15) is 0 Å². The van der Waals surface area contributed by atoms with Crippen molar-refractivity contribution in [2.75, 3.05) is 0 Å². The Bertz CT molecular complexity index is 93.7. The van der Waals surface area contributed by atoms with Gasteiger partial charge in [0.2, 0.25) is 0 Å². The quantitative estimate of drug-likeness (QED) is 0.519. The molecule has 1 aliphatic rings. The van der Waals surface area contributed by atoms with Crippen LogP contribution in [0.4, 0.5) is 0 Å². The van der Waals surface area contributed by atoms with E-state index >= 15 is 0 Å². The van der Waals surface area contributed by atoms with Crippen LogP contribution in [0.15, 0.2) is 11.7 Å². The van der Waals surface area contributed by atoms with Crippen molar-refractivity contribution in [3.8, 4) is 0 Å². The van der Waals surface area contributed by atoms with Crippen molar-refractivity contribution in [1.82, 2.24) is 0 Å². The minimum absolute atomic E-state index is 0.123. The van der Waals surface area contributed by atoms with E-state index in [2.05, 4.69) is 4.74 Å². The van der Waals surface area contributed by atoms with Crippen LogP contribution in [0.5, 0.6) is 0 Å². The number of allylic oxidation sites excluding steroid dienone is 1. The topological polar surface area (TPSA) is 32.8 Å². The molecule has 6 heavy (non-hydrogen) atoms. The highest BCUT2D eigenvalue weighted by atomic mass is 16.7. The van der Waals surface area contributed by atoms with E-state index in [0.717, 1.165) is 12.2 Å². The molecule has 0 aliphatic carbocycles. The molecule has 0 saturated heterocycles. The SMILES string of the molecule is CCC1=C(O)O1. The summed E-state index contributed by atoms with van der Waals surface area (Å²) in [7, 11) is 0. The lowest BCUT2D eigenvalue weighted by atomic mass is 10.5. The van der Waals surface area contributed by atoms with Crippen LogP contribution in [-0.4, -0.2) is 5.11 Å². The third-order valence-corrected chi connectivity index (χ3v) is 0.738. The fourth-order valence-electron chi connectivity index (χ4n) is 0.315. The van der Waals surface area contributed by atoms with Crippen LogP contribution in [0.2, 0.25) is 0 Å². The maximum Gasteiger partial charge on any atom is 0.322 e. The van der Waals surface area contributed by atoms with Gasteiger partial charge in [-0.2, -0.15) is 0 Å². The van der Waals surface area contributed by atoms with Crippen LogP contribution >= 0.6 is 0 Å². The van der Waals surface area contributed by atoms with Gasteiger partial charge in [-0.1, -0.05) is 6.92 Å². The Hall–Kier alpha value is -0.660. The molecule has 0 aromatic heterocycles. The van der Waals surface area contributed by atoms with Crippen LogP contribution in [0.1, 0.15) is 13.3 Å². The summed E-state index contributed by atoms with van der Waals surface area (Å²) in [6.07, 6.45) is 0.811. The number of hydrogen-bond acceptors (Lipinski definition) is 2. The Kier molecular flexibility index (Phi) is 0.528. The molecule has 34 valence electrons. The van der Waals surface area contributed by atoms with Crippen molar-refractivity contribution in [2.24, 2.45) is 0 Å². The smallest absolute Gasteiger partial charge is 0.322 e. The molecular formula is C4H6O2. The first-order valence-electron chi connectivity index (χ1n) is 1.94. The van der Waals surface area contributed by atoms with Crippen molar-refractivity contribution in [1.29, 1.82) is 0 Å². The van der Waals surface area contributed by atoms with Crippen LogP contribution in [0.3, 0.4) is 0 Å². The number of rotatable bonds is 1. The second-order valence-corrected chi connectivity index (χ2v) is 1.18. The number of aliphatic hydroxyl groups is 1. The molecule has 2 nitrogen and oxygen atoms in total. The number of aliphatic hydroxyl groups excluding tert-OH is 1. The van der Waals surface area contributed by atoms with E-state index in [-0.39, 0.29) is 5.95 Å². The third kappa shape index (κ3) is 0.339. The normalized spacial score (nSPS) is 17.5. The molecule has 0 bridgehead atoms. The van der Waals surface area contributed by atoms with Gasteiger partial charge in [0, 0.05) is 6.42 Å². The molecule has 0 saturated carbocycles. The summed E-state index contributed by atoms with van der Waals surface area (Å²) < 4.78 is 4.45. The molecular weight excluding hydrogens is 80.0 g/mol. The Morgan fingerprint density at radius 1 is 1.83 bits per heavy atom. The first-order valence-corrected chi connectivity index (χ1v) is 1.94. The van der Waals surface area contributed by atoms with Gasteiger partial charge in [0.05, 0.1) is 0 Å². The zero-order valence-electron chi connectivity index (χ0n) is 3.56. The maximum atomic E-state index is 8.28. The molecule has 1 N–H and O–H groups in total. The van der Waals surface area contributed by atoms with Gasteiger partial charge in [-0.15, -0.1) is 0 Å². The summed E-state index contributed by atoms with van der Waals surface area (Å²) in [4.78, 5) is 0. The Balaban J connectivity index is 2.38. The van der Waals surface area contributed by atoms with Crippen molar-refractivity contribution in [3.63, 3.8) is 0 Å². The summed E-state index contributed by atoms with van der Waals surface area (Å²) in [5, 5.41) is 8.28. The average Bonchev–Trinajstić information content (AvgIpc) is 2.19. The molecule has 0 amide bonds. The van der Waals surface area contributed by atoms with Crippen molar-refractivity contribution >= 4 is 0 Å². The highest BCUT2D eigenvalue weighted by Gasteiger charge is 2.20. The Morgan fingerprint density at radius 3 is 2.33 bits per heavy atom.